The number of carbonyl (C=O) groups is 1. The van der Waals surface area contributed by atoms with Gasteiger partial charge in [0, 0.05) is 0 Å². The van der Waals surface area contributed by atoms with Crippen molar-refractivity contribution in [1.29, 1.82) is 0 Å². The number of hydrogen-bond acceptors (Lipinski definition) is 1. The van der Waals surface area contributed by atoms with E-state index in [4.69, 9.17) is 0 Å². The maximum atomic E-state index is 12.2. The number of amides is 1. The van der Waals surface area contributed by atoms with E-state index in [0.717, 1.165) is 11.3 Å². The van der Waals surface area contributed by atoms with E-state index in [-0.39, 0.29) is 10.1 Å². The monoisotopic (exact) mass is 329 g/mol. The van der Waals surface area contributed by atoms with Crippen molar-refractivity contribution in [2.45, 2.75) is 24.5 Å². The van der Waals surface area contributed by atoms with Crippen LogP contribution in [0.25, 0.3) is 0 Å². The molecule has 0 bridgehead atoms. The Kier molecular flexibility index (Phi) is 4.67. The van der Waals surface area contributed by atoms with E-state index in [1.807, 2.05) is 49.4 Å². The molecule has 2 nitrogen and oxygen atoms in total. The van der Waals surface area contributed by atoms with Gasteiger partial charge in [0.05, 0.1) is 0 Å². The Morgan fingerprint density at radius 1 is 1.15 bits per heavy atom. The average Bonchev–Trinajstić information content (AvgIpc) is 2.39. The molecule has 0 aromatic heterocycles. The molecular weight excluding hydrogens is 309 g/mol. The number of benzene rings is 2. The molecule has 0 radical (unpaired) electrons. The van der Waals surface area contributed by atoms with Gasteiger partial charge in [-0.3, -0.25) is 0 Å². The Bertz CT molecular complexity index is 593. The second-order valence-electron chi connectivity index (χ2n) is 5.38. The molecule has 1 amide bonds. The molecule has 0 saturated carbocycles. The first-order valence-electron chi connectivity index (χ1n) is 6.68. The molecule has 0 heterocycles. The fraction of sp³-hybridized carbons (Fsp3) is 0.235. The average molecular weight is 329 g/mol. The van der Waals surface area contributed by atoms with Crippen molar-refractivity contribution in [2.24, 2.45) is 0 Å². The van der Waals surface area contributed by atoms with E-state index >= 15 is 0 Å². The van der Waals surface area contributed by atoms with Crippen molar-refractivity contribution in [2.75, 3.05) is 5.32 Å². The van der Waals surface area contributed by atoms with Crippen molar-refractivity contribution in [3.05, 3.63) is 65.7 Å². The van der Waals surface area contributed by atoms with Gasteiger partial charge in [0.2, 0.25) is 0 Å². The van der Waals surface area contributed by atoms with E-state index in [0.29, 0.717) is 6.42 Å². The van der Waals surface area contributed by atoms with Crippen LogP contribution in [0.15, 0.2) is 54.6 Å². The Morgan fingerprint density at radius 2 is 1.85 bits per heavy atom. The topological polar surface area (TPSA) is 29.1 Å². The van der Waals surface area contributed by atoms with Gasteiger partial charge in [0.25, 0.3) is 0 Å². The number of aryl methyl sites for hydroxylation is 1. The third-order valence-electron chi connectivity index (χ3n) is 3.26. The zero-order chi connectivity index (χ0) is 14.6. The molecule has 104 valence electrons. The standard InChI is InChI=1S/C17H20AsNO/c1-13-7-6-10-15(11-13)19-16(20)12-17(2,18)14-8-4-3-5-9-14/h3-11H,12,18H2,1-2H3,(H,19,20)/t17-/m1/s1. The summed E-state index contributed by atoms with van der Waals surface area (Å²) >= 11 is 1.57. The molecule has 2 rings (SSSR count). The van der Waals surface area contributed by atoms with Crippen LogP contribution >= 0.6 is 0 Å². The van der Waals surface area contributed by atoms with Gasteiger partial charge in [-0.2, -0.15) is 0 Å². The first-order valence-corrected chi connectivity index (χ1v) is 7.89. The molecule has 0 spiro atoms. The summed E-state index contributed by atoms with van der Waals surface area (Å²) in [6.45, 7) is 4.14. The van der Waals surface area contributed by atoms with Crippen molar-refractivity contribution in [1.82, 2.24) is 0 Å². The molecule has 0 aliphatic heterocycles. The predicted molar refractivity (Wildman–Crippen MR) is 86.8 cm³/mol. The van der Waals surface area contributed by atoms with Crippen molar-refractivity contribution in [3.63, 3.8) is 0 Å². The van der Waals surface area contributed by atoms with Crippen LogP contribution in [-0.2, 0) is 9.00 Å². The summed E-state index contributed by atoms with van der Waals surface area (Å²) in [5, 5.41) is 2.98. The Hall–Kier alpha value is -1.53. The first-order chi connectivity index (χ1) is 9.47. The molecule has 1 unspecified atom stereocenters. The van der Waals surface area contributed by atoms with Gasteiger partial charge in [-0.05, 0) is 0 Å². The summed E-state index contributed by atoms with van der Waals surface area (Å²) in [7, 11) is 0. The van der Waals surface area contributed by atoms with Crippen LogP contribution in [0.1, 0.15) is 24.5 Å². The third kappa shape index (κ3) is 3.98. The molecular formula is C17H20AsNO. The molecule has 1 N–H and O–H groups in total. The summed E-state index contributed by atoms with van der Waals surface area (Å²) in [5.41, 5.74) is 3.22. The van der Waals surface area contributed by atoms with Gasteiger partial charge in [-0.1, -0.05) is 0 Å². The summed E-state index contributed by atoms with van der Waals surface area (Å²) in [6, 6.07) is 18.1. The summed E-state index contributed by atoms with van der Waals surface area (Å²) < 4.78 is -0.109. The van der Waals surface area contributed by atoms with Crippen LogP contribution in [0, 0.1) is 6.92 Å². The quantitative estimate of drug-likeness (QED) is 0.859. The maximum absolute atomic E-state index is 12.2. The van der Waals surface area contributed by atoms with E-state index in [9.17, 15) is 4.79 Å². The van der Waals surface area contributed by atoms with Gasteiger partial charge in [0.15, 0.2) is 0 Å². The molecule has 0 saturated heterocycles. The van der Waals surface area contributed by atoms with E-state index < -0.39 is 0 Å². The number of hydrogen-bond donors (Lipinski definition) is 1. The van der Waals surface area contributed by atoms with Gasteiger partial charge < -0.3 is 0 Å². The molecule has 2 atom stereocenters. The SMILES string of the molecule is Cc1cccc(NC(=O)C[C@@](C)([AsH2])c2ccccc2)c1. The van der Waals surface area contributed by atoms with E-state index in [1.54, 1.807) is 16.9 Å². The Morgan fingerprint density at radius 3 is 2.50 bits per heavy atom. The van der Waals surface area contributed by atoms with Gasteiger partial charge >= 0.3 is 129 Å². The molecule has 0 aliphatic rings. The van der Waals surface area contributed by atoms with Crippen molar-refractivity contribution < 1.29 is 4.79 Å². The summed E-state index contributed by atoms with van der Waals surface area (Å²) in [6.07, 6.45) is 0.491. The number of nitrogens with one attached hydrogen (secondary N) is 1. The molecule has 20 heavy (non-hydrogen) atoms. The summed E-state index contributed by atoms with van der Waals surface area (Å²) in [5.74, 6) is 0.0614. The van der Waals surface area contributed by atoms with Crippen LogP contribution in [0.3, 0.4) is 0 Å². The molecule has 0 fully saturated rings. The van der Waals surface area contributed by atoms with Crippen molar-refractivity contribution >= 4 is 28.4 Å². The minimum atomic E-state index is -0.109. The van der Waals surface area contributed by atoms with E-state index in [1.165, 1.54) is 5.56 Å². The normalized spacial score (nSPS) is 13.6. The van der Waals surface area contributed by atoms with Crippen LogP contribution in [0.2, 0.25) is 0 Å². The number of carbonyl (C=O) groups excluding carboxylic acids is 1. The molecule has 3 heteroatoms. The zero-order valence-corrected chi connectivity index (χ0v) is 14.3. The predicted octanol–water partition coefficient (Wildman–Crippen LogP) is 2.87. The third-order valence-corrected chi connectivity index (χ3v) is 4.39. The van der Waals surface area contributed by atoms with Crippen molar-refractivity contribution in [3.8, 4) is 0 Å². The molecule has 2 aromatic rings. The van der Waals surface area contributed by atoms with Gasteiger partial charge in [-0.15, -0.1) is 0 Å². The zero-order valence-electron chi connectivity index (χ0n) is 11.9. The first kappa shape index (κ1) is 14.9. The Labute approximate surface area is 129 Å². The fourth-order valence-electron chi connectivity index (χ4n) is 2.18. The summed E-state index contributed by atoms with van der Waals surface area (Å²) in [4.78, 5) is 12.2. The molecule has 2 aromatic carbocycles. The minimum absolute atomic E-state index is 0.0614. The second-order valence-corrected chi connectivity index (χ2v) is 8.05. The molecule has 0 aliphatic carbocycles. The van der Waals surface area contributed by atoms with Crippen LogP contribution in [-0.4, -0.2) is 22.8 Å². The van der Waals surface area contributed by atoms with E-state index in [2.05, 4.69) is 24.4 Å². The fourth-order valence-corrected chi connectivity index (χ4v) is 2.98. The van der Waals surface area contributed by atoms with Crippen LogP contribution in [0.4, 0.5) is 5.69 Å². The number of rotatable bonds is 4. The van der Waals surface area contributed by atoms with Crippen LogP contribution < -0.4 is 5.32 Å². The van der Waals surface area contributed by atoms with Gasteiger partial charge in [0.1, 0.15) is 0 Å². The van der Waals surface area contributed by atoms with Gasteiger partial charge in [-0.25, -0.2) is 0 Å². The second kappa shape index (κ2) is 6.28. The van der Waals surface area contributed by atoms with Crippen LogP contribution in [0.5, 0.6) is 0 Å². The Balaban J connectivity index is 2.04. The number of anilines is 1.